The highest BCUT2D eigenvalue weighted by Crippen LogP contribution is 2.18. The van der Waals surface area contributed by atoms with Crippen molar-refractivity contribution in [1.29, 1.82) is 0 Å². The number of urea groups is 1. The minimum atomic E-state index is -0.381. The molecule has 2 rings (SSSR count). The van der Waals surface area contributed by atoms with Gasteiger partial charge in [-0.3, -0.25) is 4.79 Å². The van der Waals surface area contributed by atoms with E-state index in [-0.39, 0.29) is 30.2 Å². The maximum atomic E-state index is 13.1. The summed E-state index contributed by atoms with van der Waals surface area (Å²) in [6, 6.07) is 4.02. The Kier molecular flexibility index (Phi) is 4.59. The Morgan fingerprint density at radius 3 is 2.90 bits per heavy atom. The molecule has 1 heterocycles. The van der Waals surface area contributed by atoms with E-state index in [0.29, 0.717) is 25.1 Å². The van der Waals surface area contributed by atoms with Gasteiger partial charge in [0.05, 0.1) is 5.92 Å². The van der Waals surface area contributed by atoms with E-state index in [1.165, 1.54) is 12.1 Å². The van der Waals surface area contributed by atoms with E-state index in [1.54, 1.807) is 11.0 Å². The van der Waals surface area contributed by atoms with Gasteiger partial charge >= 0.3 is 6.03 Å². The first kappa shape index (κ1) is 14.8. The number of amides is 3. The first-order chi connectivity index (χ1) is 9.47. The molecule has 0 aliphatic carbocycles. The molecular formula is C13H15BrFN3O2. The van der Waals surface area contributed by atoms with Gasteiger partial charge in [-0.1, -0.05) is 15.9 Å². The third-order valence-electron chi connectivity index (χ3n) is 3.32. The summed E-state index contributed by atoms with van der Waals surface area (Å²) in [5, 5.41) is 2.71. The van der Waals surface area contributed by atoms with Crippen LogP contribution in [0.5, 0.6) is 0 Å². The molecule has 7 heteroatoms. The van der Waals surface area contributed by atoms with Crippen LogP contribution in [-0.4, -0.2) is 29.9 Å². The van der Waals surface area contributed by atoms with Crippen LogP contribution < -0.4 is 11.1 Å². The zero-order chi connectivity index (χ0) is 14.7. The molecule has 0 unspecified atom stereocenters. The molecule has 3 N–H and O–H groups in total. The van der Waals surface area contributed by atoms with E-state index in [1.807, 2.05) is 0 Å². The third kappa shape index (κ3) is 3.47. The molecular weight excluding hydrogens is 329 g/mol. The van der Waals surface area contributed by atoms with Gasteiger partial charge in [0.25, 0.3) is 0 Å². The average molecular weight is 344 g/mol. The van der Waals surface area contributed by atoms with Gasteiger partial charge in [0.2, 0.25) is 5.91 Å². The predicted octanol–water partition coefficient (Wildman–Crippen LogP) is 1.60. The predicted molar refractivity (Wildman–Crippen MR) is 75.2 cm³/mol. The largest absolute Gasteiger partial charge is 0.369 e. The van der Waals surface area contributed by atoms with Crippen LogP contribution >= 0.6 is 15.9 Å². The quantitative estimate of drug-likeness (QED) is 0.874. The highest BCUT2D eigenvalue weighted by Gasteiger charge is 2.29. The number of hydrogen-bond donors (Lipinski definition) is 2. The molecule has 1 aliphatic heterocycles. The second kappa shape index (κ2) is 6.21. The fourth-order valence-electron chi connectivity index (χ4n) is 2.14. The van der Waals surface area contributed by atoms with Crippen molar-refractivity contribution < 1.29 is 14.0 Å². The molecule has 1 saturated heterocycles. The number of nitrogens with zero attached hydrogens (tertiary/aromatic N) is 1. The third-order valence-corrected chi connectivity index (χ3v) is 4.09. The Hall–Kier alpha value is -1.63. The Morgan fingerprint density at radius 2 is 2.25 bits per heavy atom. The van der Waals surface area contributed by atoms with Crippen LogP contribution in [0.4, 0.5) is 9.18 Å². The van der Waals surface area contributed by atoms with Gasteiger partial charge in [-0.25, -0.2) is 9.18 Å². The Morgan fingerprint density at radius 1 is 1.50 bits per heavy atom. The highest BCUT2D eigenvalue weighted by atomic mass is 79.9. The van der Waals surface area contributed by atoms with E-state index in [9.17, 15) is 14.0 Å². The molecule has 108 valence electrons. The van der Waals surface area contributed by atoms with E-state index >= 15 is 0 Å². The van der Waals surface area contributed by atoms with Crippen molar-refractivity contribution in [3.05, 3.63) is 34.1 Å². The number of benzene rings is 1. The first-order valence-corrected chi connectivity index (χ1v) is 7.02. The standard InChI is InChI=1S/C13H15BrFN3O2/c14-11-2-1-10(15)5-9(11)6-17-13(20)18-4-3-8(7-18)12(16)19/h1-2,5,8H,3-4,6-7H2,(H2,16,19)(H,17,20)/t8-/m1/s1. The monoisotopic (exact) mass is 343 g/mol. The number of rotatable bonds is 3. The van der Waals surface area contributed by atoms with Crippen LogP contribution in [0.3, 0.4) is 0 Å². The van der Waals surface area contributed by atoms with E-state index in [2.05, 4.69) is 21.2 Å². The van der Waals surface area contributed by atoms with E-state index in [4.69, 9.17) is 5.73 Å². The van der Waals surface area contributed by atoms with Gasteiger partial charge in [0.15, 0.2) is 0 Å². The van der Waals surface area contributed by atoms with Crippen LogP contribution in [0.1, 0.15) is 12.0 Å². The second-order valence-electron chi connectivity index (χ2n) is 4.73. The van der Waals surface area contributed by atoms with Crippen LogP contribution in [0.25, 0.3) is 0 Å². The fourth-order valence-corrected chi connectivity index (χ4v) is 2.53. The van der Waals surface area contributed by atoms with E-state index < -0.39 is 0 Å². The maximum Gasteiger partial charge on any atom is 0.317 e. The van der Waals surface area contributed by atoms with Gasteiger partial charge in [0.1, 0.15) is 5.82 Å². The molecule has 1 aromatic rings. The Bertz CT molecular complexity index is 538. The van der Waals surface area contributed by atoms with Crippen molar-refractivity contribution in [2.45, 2.75) is 13.0 Å². The topological polar surface area (TPSA) is 75.4 Å². The molecule has 3 amide bonds. The Labute approximate surface area is 124 Å². The lowest BCUT2D eigenvalue weighted by Crippen LogP contribution is -2.39. The summed E-state index contributed by atoms with van der Waals surface area (Å²) >= 11 is 3.30. The highest BCUT2D eigenvalue weighted by molar-refractivity contribution is 9.10. The lowest BCUT2D eigenvalue weighted by Gasteiger charge is -2.17. The smallest absolute Gasteiger partial charge is 0.317 e. The minimum Gasteiger partial charge on any atom is -0.369 e. The summed E-state index contributed by atoms with van der Waals surface area (Å²) < 4.78 is 13.8. The molecule has 0 radical (unpaired) electrons. The van der Waals surface area contributed by atoms with Gasteiger partial charge in [-0.05, 0) is 30.2 Å². The summed E-state index contributed by atoms with van der Waals surface area (Å²) in [4.78, 5) is 24.5. The summed E-state index contributed by atoms with van der Waals surface area (Å²) in [5.41, 5.74) is 5.87. The SMILES string of the molecule is NC(=O)[C@@H]1CCN(C(=O)NCc2cc(F)ccc2Br)C1. The maximum absolute atomic E-state index is 13.1. The second-order valence-corrected chi connectivity index (χ2v) is 5.58. The molecule has 0 bridgehead atoms. The lowest BCUT2D eigenvalue weighted by atomic mass is 10.1. The lowest BCUT2D eigenvalue weighted by molar-refractivity contribution is -0.121. The molecule has 0 spiro atoms. The number of hydrogen-bond acceptors (Lipinski definition) is 2. The summed E-state index contributed by atoms with van der Waals surface area (Å²) in [7, 11) is 0. The summed E-state index contributed by atoms with van der Waals surface area (Å²) in [6.07, 6.45) is 0.590. The number of primary amides is 1. The number of nitrogens with one attached hydrogen (secondary N) is 1. The van der Waals surface area contributed by atoms with Gasteiger partial charge < -0.3 is 16.0 Å². The molecule has 20 heavy (non-hydrogen) atoms. The number of carbonyl (C=O) groups is 2. The number of nitrogens with two attached hydrogens (primary N) is 1. The number of halogens is 2. The number of likely N-dealkylation sites (tertiary alicyclic amines) is 1. The van der Waals surface area contributed by atoms with Crippen molar-refractivity contribution in [3.63, 3.8) is 0 Å². The van der Waals surface area contributed by atoms with Crippen LogP contribution in [0.2, 0.25) is 0 Å². The summed E-state index contributed by atoms with van der Waals surface area (Å²) in [6.45, 7) is 1.06. The molecule has 1 aromatic carbocycles. The van der Waals surface area contributed by atoms with Crippen molar-refractivity contribution >= 4 is 27.9 Å². The molecule has 0 aromatic heterocycles. The zero-order valence-electron chi connectivity index (χ0n) is 10.7. The molecule has 1 atom stereocenters. The van der Waals surface area contributed by atoms with Crippen molar-refractivity contribution in [1.82, 2.24) is 10.2 Å². The average Bonchev–Trinajstić information content (AvgIpc) is 2.89. The fraction of sp³-hybridized carbons (Fsp3) is 0.385. The van der Waals surface area contributed by atoms with Crippen molar-refractivity contribution in [2.24, 2.45) is 11.7 Å². The minimum absolute atomic E-state index is 0.217. The van der Waals surface area contributed by atoms with Crippen LogP contribution in [0, 0.1) is 11.7 Å². The molecule has 1 aliphatic rings. The normalized spacial score (nSPS) is 18.1. The van der Waals surface area contributed by atoms with Crippen molar-refractivity contribution in [3.8, 4) is 0 Å². The molecule has 0 saturated carbocycles. The van der Waals surface area contributed by atoms with Gasteiger partial charge in [-0.15, -0.1) is 0 Å². The Balaban J connectivity index is 1.90. The number of carbonyl (C=O) groups excluding carboxylic acids is 2. The van der Waals surface area contributed by atoms with E-state index in [0.717, 1.165) is 4.47 Å². The van der Waals surface area contributed by atoms with Gasteiger partial charge in [-0.2, -0.15) is 0 Å². The van der Waals surface area contributed by atoms with Crippen LogP contribution in [0.15, 0.2) is 22.7 Å². The van der Waals surface area contributed by atoms with Crippen LogP contribution in [-0.2, 0) is 11.3 Å². The first-order valence-electron chi connectivity index (χ1n) is 6.23. The summed E-state index contributed by atoms with van der Waals surface area (Å²) in [5.74, 6) is -1.01. The zero-order valence-corrected chi connectivity index (χ0v) is 12.3. The molecule has 1 fully saturated rings. The van der Waals surface area contributed by atoms with Crippen molar-refractivity contribution in [2.75, 3.05) is 13.1 Å². The van der Waals surface area contributed by atoms with Gasteiger partial charge in [0, 0.05) is 24.1 Å². The molecule has 5 nitrogen and oxygen atoms in total.